The van der Waals surface area contributed by atoms with Crippen molar-refractivity contribution < 1.29 is 33.6 Å². The van der Waals surface area contributed by atoms with Gasteiger partial charge in [-0.2, -0.15) is 0 Å². The minimum absolute atomic E-state index is 0.247. The summed E-state index contributed by atoms with van der Waals surface area (Å²) in [4.78, 5) is 12.6. The number of ether oxygens (including phenoxy) is 5. The number of carbonyl (C=O) groups is 1. The van der Waals surface area contributed by atoms with Crippen molar-refractivity contribution in [2.45, 2.75) is 48.0 Å². The summed E-state index contributed by atoms with van der Waals surface area (Å²) in [5.41, 5.74) is 0.212. The Balaban J connectivity index is 1.51. The lowest BCUT2D eigenvalue weighted by Crippen LogP contribution is -2.61. The molecular formula is C22H24O7S. The van der Waals surface area contributed by atoms with Crippen LogP contribution in [-0.4, -0.2) is 54.6 Å². The van der Waals surface area contributed by atoms with Gasteiger partial charge in [0.15, 0.2) is 12.4 Å². The topological polar surface area (TPSA) is 83.5 Å². The maximum atomic E-state index is 11.7. The van der Waals surface area contributed by atoms with E-state index in [1.54, 1.807) is 7.11 Å². The molecule has 2 heterocycles. The van der Waals surface area contributed by atoms with Crippen molar-refractivity contribution in [1.29, 1.82) is 0 Å². The summed E-state index contributed by atoms with van der Waals surface area (Å²) in [6.45, 7) is 1.56. The van der Waals surface area contributed by atoms with E-state index in [1.807, 2.05) is 54.6 Å². The Morgan fingerprint density at radius 1 is 1.10 bits per heavy atom. The van der Waals surface area contributed by atoms with Crippen LogP contribution in [0.25, 0.3) is 0 Å². The molecule has 0 radical (unpaired) electrons. The van der Waals surface area contributed by atoms with E-state index in [0.29, 0.717) is 0 Å². The van der Waals surface area contributed by atoms with Crippen LogP contribution in [0.3, 0.4) is 0 Å². The van der Waals surface area contributed by atoms with E-state index in [2.05, 4.69) is 0 Å². The Bertz CT molecular complexity index is 844. The van der Waals surface area contributed by atoms with Gasteiger partial charge in [-0.05, 0) is 24.3 Å². The first-order chi connectivity index (χ1) is 14.5. The van der Waals surface area contributed by atoms with Crippen molar-refractivity contribution in [1.82, 2.24) is 0 Å². The fraction of sp³-hybridized carbons (Fsp3) is 0.409. The molecule has 2 aliphatic heterocycles. The first kappa shape index (κ1) is 21.1. The highest BCUT2D eigenvalue weighted by molar-refractivity contribution is 7.99. The number of benzene rings is 2. The maximum Gasteiger partial charge on any atom is 0.303 e. The van der Waals surface area contributed by atoms with Crippen LogP contribution in [0.5, 0.6) is 5.75 Å². The molecule has 30 heavy (non-hydrogen) atoms. The van der Waals surface area contributed by atoms with Crippen LogP contribution in [0.1, 0.15) is 18.8 Å². The van der Waals surface area contributed by atoms with E-state index < -0.39 is 42.1 Å². The van der Waals surface area contributed by atoms with Crippen LogP contribution in [-0.2, 0) is 23.7 Å². The summed E-state index contributed by atoms with van der Waals surface area (Å²) in [6.07, 6.45) is -3.76. The molecule has 0 saturated carbocycles. The fourth-order valence-corrected chi connectivity index (χ4v) is 4.67. The molecule has 0 aromatic heterocycles. The van der Waals surface area contributed by atoms with E-state index in [1.165, 1.54) is 18.7 Å². The highest BCUT2D eigenvalue weighted by Gasteiger charge is 2.51. The summed E-state index contributed by atoms with van der Waals surface area (Å²) >= 11 is 1.39. The number of aliphatic hydroxyl groups is 1. The van der Waals surface area contributed by atoms with E-state index >= 15 is 0 Å². The van der Waals surface area contributed by atoms with E-state index in [9.17, 15) is 9.90 Å². The van der Waals surface area contributed by atoms with Crippen LogP contribution in [0, 0.1) is 0 Å². The van der Waals surface area contributed by atoms with Gasteiger partial charge in [0, 0.05) is 17.4 Å². The number of aliphatic hydroxyl groups excluding tert-OH is 1. The van der Waals surface area contributed by atoms with Crippen molar-refractivity contribution in [2.24, 2.45) is 0 Å². The van der Waals surface area contributed by atoms with Crippen molar-refractivity contribution in [3.63, 3.8) is 0 Å². The highest BCUT2D eigenvalue weighted by Crippen LogP contribution is 2.40. The van der Waals surface area contributed by atoms with Gasteiger partial charge < -0.3 is 28.8 Å². The van der Waals surface area contributed by atoms with Crippen molar-refractivity contribution in [3.8, 4) is 5.75 Å². The van der Waals surface area contributed by atoms with Crippen LogP contribution in [0.2, 0.25) is 0 Å². The summed E-state index contributed by atoms with van der Waals surface area (Å²) in [5, 5.41) is 11.0. The molecule has 7 nitrogen and oxygen atoms in total. The van der Waals surface area contributed by atoms with Gasteiger partial charge in [-0.3, -0.25) is 4.79 Å². The molecule has 2 aromatic rings. The minimum atomic E-state index is -1.06. The third kappa shape index (κ3) is 4.63. The average Bonchev–Trinajstić information content (AvgIpc) is 2.77. The molecule has 2 fully saturated rings. The Morgan fingerprint density at radius 2 is 1.83 bits per heavy atom. The highest BCUT2D eigenvalue weighted by atomic mass is 32.2. The second-order valence-corrected chi connectivity index (χ2v) is 8.25. The zero-order valence-electron chi connectivity index (χ0n) is 16.7. The number of thioether (sulfide) groups is 1. The predicted molar refractivity (Wildman–Crippen MR) is 109 cm³/mol. The van der Waals surface area contributed by atoms with Crippen molar-refractivity contribution in [3.05, 3.63) is 60.2 Å². The zero-order valence-corrected chi connectivity index (χ0v) is 17.5. The SMILES string of the molecule is COc1ccc(C2OCC3OC(Sc4ccccc4)C(OC(C)=O)C(O)C3O2)cc1. The quantitative estimate of drug-likeness (QED) is 0.722. The molecule has 2 aliphatic rings. The number of fused-ring (bicyclic) bond motifs is 1. The first-order valence-corrected chi connectivity index (χ1v) is 10.6. The number of rotatable bonds is 5. The van der Waals surface area contributed by atoms with Gasteiger partial charge in [0.2, 0.25) is 0 Å². The Labute approximate surface area is 179 Å². The second-order valence-electron chi connectivity index (χ2n) is 7.08. The van der Waals surface area contributed by atoms with Gasteiger partial charge in [0.1, 0.15) is 29.5 Å². The minimum Gasteiger partial charge on any atom is -0.497 e. The Hall–Kier alpha value is -2.10. The summed E-state index contributed by atoms with van der Waals surface area (Å²) < 4.78 is 28.7. The lowest BCUT2D eigenvalue weighted by atomic mass is 9.98. The number of esters is 1. The molecule has 2 saturated heterocycles. The van der Waals surface area contributed by atoms with E-state index in [4.69, 9.17) is 23.7 Å². The largest absolute Gasteiger partial charge is 0.497 e. The molecule has 160 valence electrons. The summed E-state index contributed by atoms with van der Waals surface area (Å²) in [7, 11) is 1.60. The number of carbonyl (C=O) groups excluding carboxylic acids is 1. The third-order valence-corrected chi connectivity index (χ3v) is 6.15. The maximum absolute atomic E-state index is 11.7. The molecule has 8 heteroatoms. The van der Waals surface area contributed by atoms with Gasteiger partial charge in [-0.15, -0.1) is 0 Å². The predicted octanol–water partition coefficient (Wildman–Crippen LogP) is 2.92. The molecular weight excluding hydrogens is 408 g/mol. The summed E-state index contributed by atoms with van der Waals surface area (Å²) in [6, 6.07) is 16.9. The molecule has 0 bridgehead atoms. The van der Waals surface area contributed by atoms with E-state index in [-0.39, 0.29) is 6.61 Å². The van der Waals surface area contributed by atoms with Crippen LogP contribution in [0.15, 0.2) is 59.5 Å². The molecule has 0 amide bonds. The standard InChI is InChI=1S/C22H24O7S/c1-13(23)27-20-18(24)19-17(28-22(20)30-16-6-4-3-5-7-16)12-26-21(29-19)14-8-10-15(25-2)11-9-14/h3-11,17-22,24H,12H2,1-2H3. The monoisotopic (exact) mass is 432 g/mol. The van der Waals surface area contributed by atoms with Gasteiger partial charge >= 0.3 is 5.97 Å². The van der Waals surface area contributed by atoms with E-state index in [0.717, 1.165) is 16.2 Å². The molecule has 1 N–H and O–H groups in total. The van der Waals surface area contributed by atoms with Crippen LogP contribution >= 0.6 is 11.8 Å². The molecule has 2 aromatic carbocycles. The van der Waals surface area contributed by atoms with Gasteiger partial charge in [-0.25, -0.2) is 0 Å². The molecule has 4 rings (SSSR count). The molecule has 0 aliphatic carbocycles. The zero-order chi connectivity index (χ0) is 21.1. The lowest BCUT2D eigenvalue weighted by molar-refractivity contribution is -0.319. The van der Waals surface area contributed by atoms with Crippen LogP contribution < -0.4 is 4.74 Å². The molecule has 6 atom stereocenters. The third-order valence-electron chi connectivity index (χ3n) is 4.99. The van der Waals surface area contributed by atoms with Gasteiger partial charge in [0.05, 0.1) is 13.7 Å². The van der Waals surface area contributed by atoms with Gasteiger partial charge in [0.25, 0.3) is 0 Å². The van der Waals surface area contributed by atoms with Crippen LogP contribution in [0.4, 0.5) is 0 Å². The van der Waals surface area contributed by atoms with Gasteiger partial charge in [-0.1, -0.05) is 42.1 Å². The lowest BCUT2D eigenvalue weighted by Gasteiger charge is -2.47. The Kier molecular flexibility index (Phi) is 6.60. The molecule has 6 unspecified atom stereocenters. The Morgan fingerprint density at radius 3 is 2.50 bits per heavy atom. The average molecular weight is 432 g/mol. The number of methoxy groups -OCH3 is 1. The van der Waals surface area contributed by atoms with Crippen molar-refractivity contribution in [2.75, 3.05) is 13.7 Å². The first-order valence-electron chi connectivity index (χ1n) is 9.68. The second kappa shape index (κ2) is 9.36. The fourth-order valence-electron chi connectivity index (χ4n) is 3.54. The number of hydrogen-bond donors (Lipinski definition) is 1. The smallest absolute Gasteiger partial charge is 0.303 e. The molecule has 0 spiro atoms. The number of hydrogen-bond acceptors (Lipinski definition) is 8. The normalized spacial score (nSPS) is 30.9. The van der Waals surface area contributed by atoms with Crippen molar-refractivity contribution >= 4 is 17.7 Å². The summed E-state index contributed by atoms with van der Waals surface area (Å²) in [5.74, 6) is 0.239.